The molecule has 0 radical (unpaired) electrons. The minimum Gasteiger partial charge on any atom is -0.474 e. The van der Waals surface area contributed by atoms with E-state index in [1.165, 1.54) is 6.08 Å². The lowest BCUT2D eigenvalue weighted by Gasteiger charge is -2.07. The third-order valence-electron chi connectivity index (χ3n) is 2.21. The van der Waals surface area contributed by atoms with Crippen LogP contribution in [0.25, 0.3) is 0 Å². The first-order valence-corrected chi connectivity index (χ1v) is 5.89. The molecule has 0 fully saturated rings. The third kappa shape index (κ3) is 5.26. The van der Waals surface area contributed by atoms with Crippen molar-refractivity contribution in [1.29, 1.82) is 0 Å². The first-order chi connectivity index (χ1) is 9.52. The summed E-state index contributed by atoms with van der Waals surface area (Å²) in [6.45, 7) is 5.62. The summed E-state index contributed by atoms with van der Waals surface area (Å²) in [4.78, 5) is 4.01. The molecule has 0 bridgehead atoms. The summed E-state index contributed by atoms with van der Waals surface area (Å²) in [6, 6.07) is 9.56. The lowest BCUT2D eigenvalue weighted by atomic mass is 10.2. The van der Waals surface area contributed by atoms with Gasteiger partial charge < -0.3 is 21.4 Å². The predicted octanol–water partition coefficient (Wildman–Crippen LogP) is 1.72. The molecule has 5 N–H and O–H groups in total. The molecule has 0 spiro atoms. The summed E-state index contributed by atoms with van der Waals surface area (Å²) in [5, 5.41) is 11.6. The van der Waals surface area contributed by atoms with E-state index in [0.29, 0.717) is 12.3 Å². The molecule has 0 saturated heterocycles. The number of nitrogens with zero attached hydrogens (tertiary/aromatic N) is 2. The molecular weight excluding hydrogens is 256 g/mol. The van der Waals surface area contributed by atoms with Gasteiger partial charge in [0.1, 0.15) is 12.3 Å². The maximum absolute atomic E-state index is 8.68. The molecule has 106 valence electrons. The Labute approximate surface area is 117 Å². The molecule has 0 aromatic heterocycles. The molecule has 0 saturated carbocycles. The molecule has 6 nitrogen and oxygen atoms in total. The Kier molecular flexibility index (Phi) is 5.83. The van der Waals surface area contributed by atoms with Crippen molar-refractivity contribution in [2.75, 3.05) is 0 Å². The van der Waals surface area contributed by atoms with Crippen LogP contribution in [0.1, 0.15) is 12.5 Å². The standard InChI is InChI=1S/C14H18N4O2/c1-10(2)17-12(14(16)18-19)8-13(15)20-9-11-6-4-3-5-7-11/h3-8,19H,1,9,15H2,2H3,(H2,16,18)/b13-8+,17-12?. The number of rotatable bonds is 6. The molecule has 0 aliphatic rings. The van der Waals surface area contributed by atoms with Crippen LogP contribution in [0.3, 0.4) is 0 Å². The van der Waals surface area contributed by atoms with Crippen LogP contribution in [0.5, 0.6) is 0 Å². The van der Waals surface area contributed by atoms with Crippen LogP contribution < -0.4 is 11.5 Å². The first kappa shape index (κ1) is 15.3. The Morgan fingerprint density at radius 3 is 2.55 bits per heavy atom. The van der Waals surface area contributed by atoms with E-state index < -0.39 is 0 Å². The number of amidine groups is 1. The van der Waals surface area contributed by atoms with Crippen molar-refractivity contribution in [1.82, 2.24) is 0 Å². The number of ether oxygens (including phenoxy) is 1. The zero-order valence-electron chi connectivity index (χ0n) is 11.3. The normalized spacial score (nSPS) is 13.2. The van der Waals surface area contributed by atoms with Crippen LogP contribution >= 0.6 is 0 Å². The van der Waals surface area contributed by atoms with E-state index in [4.69, 9.17) is 21.4 Å². The van der Waals surface area contributed by atoms with Gasteiger partial charge in [-0.2, -0.15) is 0 Å². The van der Waals surface area contributed by atoms with Crippen LogP contribution in [-0.4, -0.2) is 16.8 Å². The molecule has 1 rings (SSSR count). The Hall–Kier alpha value is -2.76. The van der Waals surface area contributed by atoms with Crippen LogP contribution in [0.4, 0.5) is 0 Å². The zero-order valence-corrected chi connectivity index (χ0v) is 11.3. The van der Waals surface area contributed by atoms with Crippen LogP contribution in [0.15, 0.2) is 64.7 Å². The molecule has 6 heteroatoms. The average molecular weight is 274 g/mol. The van der Waals surface area contributed by atoms with E-state index in [9.17, 15) is 0 Å². The van der Waals surface area contributed by atoms with E-state index in [-0.39, 0.29) is 17.4 Å². The second-order valence-electron chi connectivity index (χ2n) is 4.04. The van der Waals surface area contributed by atoms with Gasteiger partial charge in [-0.25, -0.2) is 0 Å². The number of allylic oxidation sites excluding steroid dienone is 1. The zero-order chi connectivity index (χ0) is 15.0. The van der Waals surface area contributed by atoms with Gasteiger partial charge in [-0.05, 0) is 12.5 Å². The van der Waals surface area contributed by atoms with Crippen LogP contribution in [0, 0.1) is 0 Å². The lowest BCUT2D eigenvalue weighted by Crippen LogP contribution is -2.23. The molecule has 0 heterocycles. The largest absolute Gasteiger partial charge is 0.474 e. The number of hydrogen-bond donors (Lipinski definition) is 3. The Balaban J connectivity index is 2.77. The molecule has 1 aromatic carbocycles. The molecule has 1 aromatic rings. The number of hydrogen-bond acceptors (Lipinski definition) is 5. The Morgan fingerprint density at radius 1 is 1.35 bits per heavy atom. The minimum absolute atomic E-state index is 0.112. The van der Waals surface area contributed by atoms with Gasteiger partial charge in [-0.3, -0.25) is 4.99 Å². The van der Waals surface area contributed by atoms with E-state index in [0.717, 1.165) is 5.56 Å². The summed E-state index contributed by atoms with van der Waals surface area (Å²) >= 11 is 0. The van der Waals surface area contributed by atoms with E-state index in [1.807, 2.05) is 30.3 Å². The monoisotopic (exact) mass is 274 g/mol. The van der Waals surface area contributed by atoms with Gasteiger partial charge in [-0.1, -0.05) is 42.1 Å². The average Bonchev–Trinajstić information content (AvgIpc) is 2.44. The second-order valence-corrected chi connectivity index (χ2v) is 4.04. The maximum Gasteiger partial charge on any atom is 0.188 e. The fourth-order valence-corrected chi connectivity index (χ4v) is 1.34. The topological polar surface area (TPSA) is 106 Å². The summed E-state index contributed by atoms with van der Waals surface area (Å²) in [7, 11) is 0. The number of nitrogens with two attached hydrogens (primary N) is 2. The summed E-state index contributed by atoms with van der Waals surface area (Å²) < 4.78 is 5.37. The fraction of sp³-hybridized carbons (Fsp3) is 0.143. The van der Waals surface area contributed by atoms with Crippen molar-refractivity contribution in [2.45, 2.75) is 13.5 Å². The van der Waals surface area contributed by atoms with Crippen molar-refractivity contribution in [3.8, 4) is 0 Å². The highest BCUT2D eigenvalue weighted by atomic mass is 16.5. The van der Waals surface area contributed by atoms with E-state index >= 15 is 0 Å². The van der Waals surface area contributed by atoms with Crippen LogP contribution in [0.2, 0.25) is 0 Å². The van der Waals surface area contributed by atoms with Gasteiger partial charge in [0, 0.05) is 11.8 Å². The number of oxime groups is 1. The summed E-state index contributed by atoms with van der Waals surface area (Å²) in [5.41, 5.74) is 12.9. The Bertz CT molecular complexity index is 548. The molecule has 0 unspecified atom stereocenters. The molecular formula is C14H18N4O2. The van der Waals surface area contributed by atoms with Crippen molar-refractivity contribution in [2.24, 2.45) is 21.6 Å². The summed E-state index contributed by atoms with van der Waals surface area (Å²) in [6.07, 6.45) is 1.38. The highest BCUT2D eigenvalue weighted by molar-refractivity contribution is 6.45. The molecule has 0 aliphatic carbocycles. The molecule has 0 aliphatic heterocycles. The highest BCUT2D eigenvalue weighted by Gasteiger charge is 2.05. The van der Waals surface area contributed by atoms with Crippen molar-refractivity contribution < 1.29 is 9.94 Å². The molecule has 0 amide bonds. The van der Waals surface area contributed by atoms with Gasteiger partial charge >= 0.3 is 0 Å². The third-order valence-corrected chi connectivity index (χ3v) is 2.21. The first-order valence-electron chi connectivity index (χ1n) is 5.89. The second kappa shape index (κ2) is 7.63. The smallest absolute Gasteiger partial charge is 0.188 e. The van der Waals surface area contributed by atoms with Gasteiger partial charge in [-0.15, -0.1) is 0 Å². The van der Waals surface area contributed by atoms with Gasteiger partial charge in [0.15, 0.2) is 11.7 Å². The lowest BCUT2D eigenvalue weighted by molar-refractivity contribution is 0.196. The maximum atomic E-state index is 8.68. The number of aliphatic imine (C=N–C) groups is 1. The van der Waals surface area contributed by atoms with Crippen molar-refractivity contribution in [3.05, 3.63) is 60.1 Å². The molecule has 0 atom stereocenters. The SMILES string of the molecule is C=C(C)N=C(/C=C(\N)OCc1ccccc1)/C(N)=N/O. The van der Waals surface area contributed by atoms with Crippen molar-refractivity contribution in [3.63, 3.8) is 0 Å². The van der Waals surface area contributed by atoms with Gasteiger partial charge in [0.2, 0.25) is 0 Å². The van der Waals surface area contributed by atoms with Gasteiger partial charge in [0.25, 0.3) is 0 Å². The van der Waals surface area contributed by atoms with Crippen molar-refractivity contribution >= 4 is 11.5 Å². The quantitative estimate of drug-likeness (QED) is 0.241. The minimum atomic E-state index is -0.167. The molecule has 20 heavy (non-hydrogen) atoms. The summed E-state index contributed by atoms with van der Waals surface area (Å²) in [5.74, 6) is -0.0558. The van der Waals surface area contributed by atoms with E-state index in [1.54, 1.807) is 6.92 Å². The highest BCUT2D eigenvalue weighted by Crippen LogP contribution is 2.03. The van der Waals surface area contributed by atoms with Crippen LogP contribution in [-0.2, 0) is 11.3 Å². The van der Waals surface area contributed by atoms with Gasteiger partial charge in [0.05, 0.1) is 0 Å². The fourth-order valence-electron chi connectivity index (χ4n) is 1.34. The Morgan fingerprint density at radius 2 is 2.00 bits per heavy atom. The van der Waals surface area contributed by atoms with E-state index in [2.05, 4.69) is 16.7 Å². The predicted molar refractivity (Wildman–Crippen MR) is 79.2 cm³/mol. The number of benzene rings is 1.